The van der Waals surface area contributed by atoms with Crippen molar-refractivity contribution < 1.29 is 19.1 Å². The Morgan fingerprint density at radius 2 is 1.86 bits per heavy atom. The Labute approximate surface area is 165 Å². The number of aromatic nitrogens is 1. The average molecular weight is 384 g/mol. The molecule has 150 valence electrons. The zero-order valence-electron chi connectivity index (χ0n) is 17.0. The summed E-state index contributed by atoms with van der Waals surface area (Å²) in [7, 11) is 1.35. The predicted molar refractivity (Wildman–Crippen MR) is 107 cm³/mol. The summed E-state index contributed by atoms with van der Waals surface area (Å²) >= 11 is 0. The van der Waals surface area contributed by atoms with E-state index < -0.39 is 12.1 Å². The van der Waals surface area contributed by atoms with Crippen LogP contribution in [0.1, 0.15) is 55.4 Å². The molecule has 1 N–H and O–H groups in total. The van der Waals surface area contributed by atoms with Crippen molar-refractivity contribution >= 4 is 17.7 Å². The van der Waals surface area contributed by atoms with Gasteiger partial charge in [-0.15, -0.1) is 0 Å². The Morgan fingerprint density at radius 3 is 2.43 bits per heavy atom. The van der Waals surface area contributed by atoms with Crippen LogP contribution in [0.4, 0.5) is 10.5 Å². The van der Waals surface area contributed by atoms with Crippen LogP contribution in [0.5, 0.6) is 0 Å². The highest BCUT2D eigenvalue weighted by atomic mass is 16.5. The van der Waals surface area contributed by atoms with E-state index in [0.717, 1.165) is 30.6 Å². The molecule has 1 fully saturated rings. The summed E-state index contributed by atoms with van der Waals surface area (Å²) in [6.45, 7) is 7.17. The van der Waals surface area contributed by atoms with Crippen molar-refractivity contribution in [2.24, 2.45) is 5.92 Å². The molecule has 0 spiro atoms. The topological polar surface area (TPSA) is 69.6 Å². The second-order valence-corrected chi connectivity index (χ2v) is 8.27. The van der Waals surface area contributed by atoms with Crippen molar-refractivity contribution in [3.05, 3.63) is 53.3 Å². The molecule has 0 radical (unpaired) electrons. The largest absolute Gasteiger partial charge is 0.464 e. The minimum absolute atomic E-state index is 0.162. The Balaban J connectivity index is 1.85. The molecule has 0 aliphatic heterocycles. The lowest BCUT2D eigenvalue weighted by Gasteiger charge is -2.22. The molecule has 1 aromatic heterocycles. The molecule has 0 unspecified atom stereocenters. The van der Waals surface area contributed by atoms with Gasteiger partial charge in [0, 0.05) is 17.7 Å². The molecular weight excluding hydrogens is 356 g/mol. The van der Waals surface area contributed by atoms with Gasteiger partial charge in [0.2, 0.25) is 0 Å². The standard InChI is InChI=1S/C22H28N2O4/c1-22(2,3)18-12-17(19(20(25)27-4)24(18)13-15-10-11-15)23-21(26)28-14-16-8-6-5-7-9-16/h5-9,12,15H,10-11,13-14H2,1-4H3,(H,23,26). The van der Waals surface area contributed by atoms with Gasteiger partial charge >= 0.3 is 12.1 Å². The minimum Gasteiger partial charge on any atom is -0.464 e. The van der Waals surface area contributed by atoms with Gasteiger partial charge in [0.1, 0.15) is 6.61 Å². The van der Waals surface area contributed by atoms with Crippen LogP contribution >= 0.6 is 0 Å². The number of methoxy groups -OCH3 is 1. The van der Waals surface area contributed by atoms with Gasteiger partial charge in [-0.2, -0.15) is 0 Å². The first-order valence-electron chi connectivity index (χ1n) is 9.59. The number of hydrogen-bond donors (Lipinski definition) is 1. The molecule has 3 rings (SSSR count). The second kappa shape index (κ2) is 8.09. The Kier molecular flexibility index (Phi) is 5.77. The van der Waals surface area contributed by atoms with Crippen LogP contribution in [0.3, 0.4) is 0 Å². The smallest absolute Gasteiger partial charge is 0.412 e. The minimum atomic E-state index is -0.599. The van der Waals surface area contributed by atoms with Crippen molar-refractivity contribution in [3.8, 4) is 0 Å². The van der Waals surface area contributed by atoms with Crippen LogP contribution in [0, 0.1) is 5.92 Å². The Hall–Kier alpha value is -2.76. The van der Waals surface area contributed by atoms with Crippen LogP contribution < -0.4 is 5.32 Å². The van der Waals surface area contributed by atoms with Crippen molar-refractivity contribution in [1.82, 2.24) is 4.57 Å². The third-order valence-electron chi connectivity index (χ3n) is 4.83. The molecule has 0 bridgehead atoms. The third kappa shape index (κ3) is 4.74. The van der Waals surface area contributed by atoms with Gasteiger partial charge in [0.05, 0.1) is 12.8 Å². The van der Waals surface area contributed by atoms with Crippen molar-refractivity contribution in [1.29, 1.82) is 0 Å². The Bertz CT molecular complexity index is 845. The zero-order valence-corrected chi connectivity index (χ0v) is 17.0. The van der Waals surface area contributed by atoms with Crippen molar-refractivity contribution in [2.45, 2.75) is 52.2 Å². The molecule has 1 aliphatic rings. The molecule has 6 heteroatoms. The fraction of sp³-hybridized carbons (Fsp3) is 0.455. The van der Waals surface area contributed by atoms with Crippen molar-refractivity contribution in [2.75, 3.05) is 12.4 Å². The van der Waals surface area contributed by atoms with Crippen LogP contribution in [-0.2, 0) is 28.0 Å². The second-order valence-electron chi connectivity index (χ2n) is 8.27. The van der Waals surface area contributed by atoms with E-state index in [-0.39, 0.29) is 12.0 Å². The molecule has 28 heavy (non-hydrogen) atoms. The highest BCUT2D eigenvalue weighted by Crippen LogP contribution is 2.37. The number of amides is 1. The van der Waals surface area contributed by atoms with Crippen molar-refractivity contribution in [3.63, 3.8) is 0 Å². The van der Waals surface area contributed by atoms with E-state index in [9.17, 15) is 9.59 Å². The number of nitrogens with zero attached hydrogens (tertiary/aromatic N) is 1. The maximum atomic E-state index is 12.5. The molecule has 0 atom stereocenters. The molecule has 1 aliphatic carbocycles. The lowest BCUT2D eigenvalue weighted by molar-refractivity contribution is 0.0588. The van der Waals surface area contributed by atoms with Gasteiger partial charge < -0.3 is 14.0 Å². The SMILES string of the molecule is COC(=O)c1c(NC(=O)OCc2ccccc2)cc(C(C)(C)C)n1CC1CC1. The van der Waals surface area contributed by atoms with Gasteiger partial charge in [-0.1, -0.05) is 51.1 Å². The van der Waals surface area contributed by atoms with Crippen LogP contribution in [0.15, 0.2) is 36.4 Å². The number of benzene rings is 1. The monoisotopic (exact) mass is 384 g/mol. The average Bonchev–Trinajstić information content (AvgIpc) is 3.40. The van der Waals surface area contributed by atoms with Gasteiger partial charge in [-0.3, -0.25) is 5.32 Å². The van der Waals surface area contributed by atoms with Crippen LogP contribution in [0.25, 0.3) is 0 Å². The summed E-state index contributed by atoms with van der Waals surface area (Å²) in [4.78, 5) is 24.9. The number of carbonyl (C=O) groups is 2. The maximum Gasteiger partial charge on any atom is 0.412 e. The first-order valence-corrected chi connectivity index (χ1v) is 9.59. The molecule has 2 aromatic rings. The number of esters is 1. The van der Waals surface area contributed by atoms with E-state index in [1.165, 1.54) is 7.11 Å². The lowest BCUT2D eigenvalue weighted by atomic mass is 9.92. The quantitative estimate of drug-likeness (QED) is 0.731. The zero-order chi connectivity index (χ0) is 20.3. The molecular formula is C22H28N2O4. The third-order valence-corrected chi connectivity index (χ3v) is 4.83. The summed E-state index contributed by atoms with van der Waals surface area (Å²) in [6, 6.07) is 11.3. The number of nitrogens with one attached hydrogen (secondary N) is 1. The lowest BCUT2D eigenvalue weighted by Crippen LogP contribution is -2.22. The summed E-state index contributed by atoms with van der Waals surface area (Å²) in [5.74, 6) is 0.101. The normalized spacial score (nSPS) is 13.9. The summed E-state index contributed by atoms with van der Waals surface area (Å²) in [6.07, 6.45) is 1.71. The first kappa shape index (κ1) is 20.0. The number of carbonyl (C=O) groups excluding carboxylic acids is 2. The van der Waals surface area contributed by atoms with Gasteiger partial charge in [-0.05, 0) is 30.4 Å². The molecule has 1 saturated carbocycles. The summed E-state index contributed by atoms with van der Waals surface area (Å²) in [5.41, 5.74) is 2.49. The maximum absolute atomic E-state index is 12.5. The van der Waals surface area contributed by atoms with E-state index in [1.807, 2.05) is 41.0 Å². The van der Waals surface area contributed by atoms with E-state index in [2.05, 4.69) is 26.1 Å². The first-order chi connectivity index (χ1) is 13.3. The van der Waals surface area contributed by atoms with E-state index in [4.69, 9.17) is 9.47 Å². The molecule has 1 heterocycles. The molecule has 0 saturated heterocycles. The fourth-order valence-electron chi connectivity index (χ4n) is 3.20. The number of hydrogen-bond acceptors (Lipinski definition) is 4. The van der Waals surface area contributed by atoms with Crippen LogP contribution in [0.2, 0.25) is 0 Å². The highest BCUT2D eigenvalue weighted by molar-refractivity contribution is 5.99. The van der Waals surface area contributed by atoms with Gasteiger partial charge in [0.15, 0.2) is 5.69 Å². The Morgan fingerprint density at radius 1 is 1.18 bits per heavy atom. The summed E-state index contributed by atoms with van der Waals surface area (Å²) < 4.78 is 12.3. The van der Waals surface area contributed by atoms with Crippen LogP contribution in [-0.4, -0.2) is 23.7 Å². The van der Waals surface area contributed by atoms with E-state index >= 15 is 0 Å². The van der Waals surface area contributed by atoms with E-state index in [0.29, 0.717) is 17.3 Å². The fourth-order valence-corrected chi connectivity index (χ4v) is 3.20. The number of ether oxygens (including phenoxy) is 2. The predicted octanol–water partition coefficient (Wildman–Crippen LogP) is 4.73. The molecule has 1 amide bonds. The molecule has 1 aromatic carbocycles. The van der Waals surface area contributed by atoms with Gasteiger partial charge in [0.25, 0.3) is 0 Å². The van der Waals surface area contributed by atoms with Gasteiger partial charge in [-0.25, -0.2) is 9.59 Å². The highest BCUT2D eigenvalue weighted by Gasteiger charge is 2.32. The number of anilines is 1. The van der Waals surface area contributed by atoms with E-state index in [1.54, 1.807) is 0 Å². The molecule has 6 nitrogen and oxygen atoms in total. The summed E-state index contributed by atoms with van der Waals surface area (Å²) in [5, 5.41) is 2.74. The number of rotatable bonds is 6.